The summed E-state index contributed by atoms with van der Waals surface area (Å²) in [6.07, 6.45) is 5.16. The number of rotatable bonds is 7. The molecule has 0 radical (unpaired) electrons. The van der Waals surface area contributed by atoms with Gasteiger partial charge in [0.25, 0.3) is 0 Å². The van der Waals surface area contributed by atoms with E-state index >= 15 is 0 Å². The lowest BCUT2D eigenvalue weighted by molar-refractivity contribution is 0.0989. The van der Waals surface area contributed by atoms with Crippen molar-refractivity contribution in [3.05, 3.63) is 75.4 Å². The number of hydrogen-bond donors (Lipinski definition) is 0. The molecular formula is C28H26O6. The minimum Gasteiger partial charge on any atom is -0.493 e. The number of fused-ring (bicyclic) bond motifs is 2. The first-order valence-corrected chi connectivity index (χ1v) is 11.4. The van der Waals surface area contributed by atoms with Gasteiger partial charge in [-0.25, -0.2) is 0 Å². The third-order valence-corrected chi connectivity index (χ3v) is 5.82. The number of ether oxygens (including phenoxy) is 2. The van der Waals surface area contributed by atoms with E-state index in [1.54, 1.807) is 25.1 Å². The van der Waals surface area contributed by atoms with Gasteiger partial charge < -0.3 is 9.47 Å². The van der Waals surface area contributed by atoms with Crippen molar-refractivity contribution in [3.63, 3.8) is 0 Å². The van der Waals surface area contributed by atoms with Crippen molar-refractivity contribution < 1.29 is 28.7 Å². The molecule has 34 heavy (non-hydrogen) atoms. The van der Waals surface area contributed by atoms with Gasteiger partial charge in [-0.2, -0.15) is 0 Å². The standard InChI is InChI=1S/C28H26O6/c1-5-9-33-23-12-15(3)11-18-25(23)22(31)14-19(27(18)32)24-16(4)13-17-20(29)7-8-21(30)26(17)28(24)34-10-6-2/h7-8,11-14H,5-6,9-10H2,1-4H3. The van der Waals surface area contributed by atoms with Gasteiger partial charge in [-0.3, -0.25) is 19.2 Å². The Morgan fingerprint density at radius 1 is 0.706 bits per heavy atom. The van der Waals surface area contributed by atoms with Gasteiger partial charge in [0, 0.05) is 22.3 Å². The van der Waals surface area contributed by atoms with E-state index in [-0.39, 0.29) is 63.3 Å². The van der Waals surface area contributed by atoms with Crippen LogP contribution in [0.2, 0.25) is 0 Å². The smallest absolute Gasteiger partial charge is 0.194 e. The Bertz CT molecular complexity index is 1310. The molecule has 0 aliphatic heterocycles. The predicted molar refractivity (Wildman–Crippen MR) is 128 cm³/mol. The topological polar surface area (TPSA) is 86.7 Å². The van der Waals surface area contributed by atoms with Gasteiger partial charge >= 0.3 is 0 Å². The van der Waals surface area contributed by atoms with Crippen molar-refractivity contribution in [1.29, 1.82) is 0 Å². The van der Waals surface area contributed by atoms with Gasteiger partial charge in [0.15, 0.2) is 23.1 Å². The molecule has 0 atom stereocenters. The summed E-state index contributed by atoms with van der Waals surface area (Å²) in [6.45, 7) is 8.17. The first kappa shape index (κ1) is 23.4. The fraction of sp³-hybridized carbons (Fsp3) is 0.286. The lowest BCUT2D eigenvalue weighted by atomic mass is 9.80. The quantitative estimate of drug-likeness (QED) is 0.561. The van der Waals surface area contributed by atoms with Crippen LogP contribution in [0.25, 0.3) is 5.57 Å². The van der Waals surface area contributed by atoms with E-state index in [9.17, 15) is 19.2 Å². The summed E-state index contributed by atoms with van der Waals surface area (Å²) in [7, 11) is 0. The van der Waals surface area contributed by atoms with Crippen molar-refractivity contribution >= 4 is 28.7 Å². The van der Waals surface area contributed by atoms with E-state index in [1.165, 1.54) is 18.2 Å². The van der Waals surface area contributed by atoms with Crippen molar-refractivity contribution in [2.75, 3.05) is 13.2 Å². The van der Waals surface area contributed by atoms with Crippen LogP contribution in [-0.4, -0.2) is 36.3 Å². The van der Waals surface area contributed by atoms with E-state index in [2.05, 4.69) is 0 Å². The van der Waals surface area contributed by atoms with Crippen molar-refractivity contribution in [2.45, 2.75) is 40.5 Å². The molecule has 2 aromatic carbocycles. The molecule has 0 heterocycles. The Balaban J connectivity index is 1.94. The molecule has 2 aliphatic carbocycles. The maximum Gasteiger partial charge on any atom is 0.194 e. The molecule has 0 fully saturated rings. The highest BCUT2D eigenvalue weighted by molar-refractivity contribution is 6.40. The largest absolute Gasteiger partial charge is 0.493 e. The number of benzene rings is 2. The van der Waals surface area contributed by atoms with Crippen LogP contribution < -0.4 is 9.47 Å². The lowest BCUT2D eigenvalue weighted by Crippen LogP contribution is -2.21. The first-order chi connectivity index (χ1) is 16.3. The Labute approximate surface area is 198 Å². The number of allylic oxidation sites excluding steroid dienone is 4. The van der Waals surface area contributed by atoms with E-state index < -0.39 is 0 Å². The summed E-state index contributed by atoms with van der Waals surface area (Å²) in [5.41, 5.74) is 2.75. The van der Waals surface area contributed by atoms with E-state index in [4.69, 9.17) is 9.47 Å². The van der Waals surface area contributed by atoms with Crippen LogP contribution in [0.1, 0.15) is 84.8 Å². The van der Waals surface area contributed by atoms with Crippen molar-refractivity contribution in [2.24, 2.45) is 0 Å². The normalized spacial score (nSPS) is 14.6. The molecule has 0 spiro atoms. The van der Waals surface area contributed by atoms with Crippen LogP contribution >= 0.6 is 0 Å². The summed E-state index contributed by atoms with van der Waals surface area (Å²) in [5.74, 6) is -0.815. The molecule has 0 N–H and O–H groups in total. The average molecular weight is 459 g/mol. The second-order valence-corrected chi connectivity index (χ2v) is 8.52. The minimum absolute atomic E-state index is 0.129. The number of hydrogen-bond acceptors (Lipinski definition) is 6. The maximum absolute atomic E-state index is 13.7. The Kier molecular flexibility index (Phi) is 6.33. The third kappa shape index (κ3) is 3.89. The fourth-order valence-corrected chi connectivity index (χ4v) is 4.35. The van der Waals surface area contributed by atoms with Crippen LogP contribution in [0, 0.1) is 13.8 Å². The Morgan fingerprint density at radius 3 is 2.09 bits per heavy atom. The Morgan fingerprint density at radius 2 is 1.38 bits per heavy atom. The second-order valence-electron chi connectivity index (χ2n) is 8.52. The van der Waals surface area contributed by atoms with Crippen molar-refractivity contribution in [3.8, 4) is 11.5 Å². The number of aryl methyl sites for hydroxylation is 2. The highest BCUT2D eigenvalue weighted by Crippen LogP contribution is 2.42. The molecule has 174 valence electrons. The minimum atomic E-state index is -0.372. The number of carbonyl (C=O) groups is 4. The van der Waals surface area contributed by atoms with Crippen LogP contribution in [-0.2, 0) is 0 Å². The van der Waals surface area contributed by atoms with Crippen LogP contribution in [0.5, 0.6) is 11.5 Å². The maximum atomic E-state index is 13.7. The Hall–Kier alpha value is -3.80. The molecular weight excluding hydrogens is 432 g/mol. The molecule has 2 aliphatic rings. The van der Waals surface area contributed by atoms with Gasteiger partial charge in [-0.05, 0) is 74.2 Å². The molecule has 0 bridgehead atoms. The van der Waals surface area contributed by atoms with Gasteiger partial charge in [-0.15, -0.1) is 0 Å². The third-order valence-electron chi connectivity index (χ3n) is 5.82. The first-order valence-electron chi connectivity index (χ1n) is 11.4. The summed E-state index contributed by atoms with van der Waals surface area (Å²) in [4.78, 5) is 52.3. The zero-order chi connectivity index (χ0) is 24.6. The van der Waals surface area contributed by atoms with Gasteiger partial charge in [-0.1, -0.05) is 13.8 Å². The predicted octanol–water partition coefficient (Wildman–Crippen LogP) is 5.28. The van der Waals surface area contributed by atoms with E-state index in [0.717, 1.165) is 12.0 Å². The zero-order valence-electron chi connectivity index (χ0n) is 19.7. The molecule has 0 unspecified atom stereocenters. The van der Waals surface area contributed by atoms with Gasteiger partial charge in [0.05, 0.1) is 24.3 Å². The molecule has 0 saturated carbocycles. The van der Waals surface area contributed by atoms with Crippen molar-refractivity contribution in [1.82, 2.24) is 0 Å². The van der Waals surface area contributed by atoms with E-state index in [0.29, 0.717) is 29.9 Å². The molecule has 4 rings (SSSR count). The molecule has 0 saturated heterocycles. The molecule has 0 aromatic heterocycles. The SMILES string of the molecule is CCCOc1cc(C)cc2c1C(=O)C=C(c1c(C)cc3c(c1OCCC)C(=O)C=CC3=O)C2=O. The summed E-state index contributed by atoms with van der Waals surface area (Å²) < 4.78 is 11.8. The lowest BCUT2D eigenvalue weighted by Gasteiger charge is -2.24. The van der Waals surface area contributed by atoms with E-state index in [1.807, 2.05) is 20.8 Å². The average Bonchev–Trinajstić information content (AvgIpc) is 2.80. The van der Waals surface area contributed by atoms with Gasteiger partial charge in [0.1, 0.15) is 11.5 Å². The molecule has 6 heteroatoms. The highest BCUT2D eigenvalue weighted by atomic mass is 16.5. The summed E-state index contributed by atoms with van der Waals surface area (Å²) in [6, 6.07) is 5.03. The monoisotopic (exact) mass is 458 g/mol. The zero-order valence-corrected chi connectivity index (χ0v) is 19.7. The fourth-order valence-electron chi connectivity index (χ4n) is 4.35. The van der Waals surface area contributed by atoms with Crippen LogP contribution in [0.4, 0.5) is 0 Å². The molecule has 6 nitrogen and oxygen atoms in total. The van der Waals surface area contributed by atoms with Crippen LogP contribution in [0.3, 0.4) is 0 Å². The second kappa shape index (κ2) is 9.21. The summed E-state index contributed by atoms with van der Waals surface area (Å²) >= 11 is 0. The number of carbonyl (C=O) groups excluding carboxylic acids is 4. The number of ketones is 4. The number of Topliss-reactive ketones (excluding diaryl/α,β-unsaturated/α-hetero) is 1. The van der Waals surface area contributed by atoms with Crippen LogP contribution in [0.15, 0.2) is 36.4 Å². The molecule has 0 amide bonds. The highest BCUT2D eigenvalue weighted by Gasteiger charge is 2.35. The summed E-state index contributed by atoms with van der Waals surface area (Å²) in [5, 5.41) is 0. The molecule has 2 aromatic rings. The van der Waals surface area contributed by atoms with Gasteiger partial charge in [0.2, 0.25) is 0 Å².